The molecule has 0 aliphatic rings. The maximum atomic E-state index is 11.5. The van der Waals surface area contributed by atoms with Crippen molar-refractivity contribution in [1.29, 1.82) is 0 Å². The van der Waals surface area contributed by atoms with Crippen molar-refractivity contribution in [2.24, 2.45) is 0 Å². The van der Waals surface area contributed by atoms with Gasteiger partial charge in [0.15, 0.2) is 4.90 Å². The molecule has 0 amide bonds. The molecule has 0 spiro atoms. The second kappa shape index (κ2) is 4.94. The Labute approximate surface area is 111 Å². The molecule has 19 heavy (non-hydrogen) atoms. The van der Waals surface area contributed by atoms with Crippen molar-refractivity contribution >= 4 is 19.7 Å². The molecular formula is C9H7ClN4O4S. The van der Waals surface area contributed by atoms with Crippen LogP contribution in [0.1, 0.15) is 5.82 Å². The Balaban J connectivity index is 2.54. The highest BCUT2D eigenvalue weighted by Crippen LogP contribution is 2.07. The summed E-state index contributed by atoms with van der Waals surface area (Å²) in [6.45, 7) is -0.0874. The fourth-order valence-electron chi connectivity index (χ4n) is 1.34. The monoisotopic (exact) mass is 302 g/mol. The van der Waals surface area contributed by atoms with Gasteiger partial charge in [-0.25, -0.2) is 23.2 Å². The summed E-state index contributed by atoms with van der Waals surface area (Å²) in [4.78, 5) is 31.8. The average molecular weight is 303 g/mol. The van der Waals surface area contributed by atoms with Gasteiger partial charge in [-0.2, -0.15) is 0 Å². The van der Waals surface area contributed by atoms with Gasteiger partial charge in [0.05, 0.1) is 6.54 Å². The summed E-state index contributed by atoms with van der Waals surface area (Å²) in [7, 11) is 0.860. The highest BCUT2D eigenvalue weighted by molar-refractivity contribution is 8.13. The van der Waals surface area contributed by atoms with Crippen LogP contribution in [0.15, 0.2) is 39.1 Å². The summed E-state index contributed by atoms with van der Waals surface area (Å²) >= 11 is 0. The molecule has 0 aliphatic heterocycles. The van der Waals surface area contributed by atoms with Crippen LogP contribution in [0.3, 0.4) is 0 Å². The predicted octanol–water partition coefficient (Wildman–Crippen LogP) is -0.698. The van der Waals surface area contributed by atoms with Gasteiger partial charge in [0.1, 0.15) is 5.82 Å². The van der Waals surface area contributed by atoms with E-state index in [4.69, 9.17) is 10.7 Å². The summed E-state index contributed by atoms with van der Waals surface area (Å²) in [5.74, 6) is 0.287. The highest BCUT2D eigenvalue weighted by Gasteiger charge is 2.17. The Bertz CT molecular complexity index is 812. The van der Waals surface area contributed by atoms with E-state index in [9.17, 15) is 18.0 Å². The van der Waals surface area contributed by atoms with Crippen molar-refractivity contribution < 1.29 is 8.42 Å². The molecule has 0 aromatic carbocycles. The summed E-state index contributed by atoms with van der Waals surface area (Å²) < 4.78 is 23.3. The minimum Gasteiger partial charge on any atom is -0.292 e. The zero-order valence-electron chi connectivity index (χ0n) is 9.28. The van der Waals surface area contributed by atoms with E-state index in [1.54, 1.807) is 6.07 Å². The molecule has 0 saturated heterocycles. The van der Waals surface area contributed by atoms with Crippen LogP contribution in [0.4, 0.5) is 0 Å². The minimum absolute atomic E-state index is 0.0874. The lowest BCUT2D eigenvalue weighted by atomic mass is 10.5. The molecule has 0 unspecified atom stereocenters. The van der Waals surface area contributed by atoms with Gasteiger partial charge in [0.2, 0.25) is 0 Å². The second-order valence-electron chi connectivity index (χ2n) is 3.48. The number of halogens is 1. The number of hydrogen-bond acceptors (Lipinski definition) is 6. The van der Waals surface area contributed by atoms with Gasteiger partial charge in [-0.3, -0.25) is 14.3 Å². The van der Waals surface area contributed by atoms with Crippen molar-refractivity contribution in [2.75, 3.05) is 0 Å². The average Bonchev–Trinajstić information content (AvgIpc) is 2.32. The maximum absolute atomic E-state index is 11.5. The number of nitrogens with zero attached hydrogens (tertiary/aromatic N) is 3. The number of aromatic nitrogens is 4. The van der Waals surface area contributed by atoms with E-state index in [1.807, 2.05) is 4.98 Å². The third kappa shape index (κ3) is 3.06. The first-order valence-corrected chi connectivity index (χ1v) is 7.23. The summed E-state index contributed by atoms with van der Waals surface area (Å²) in [6.07, 6.45) is 3.80. The molecule has 0 atom stereocenters. The summed E-state index contributed by atoms with van der Waals surface area (Å²) in [5, 5.41) is 0. The number of aromatic amines is 1. The Morgan fingerprint density at radius 2 is 1.89 bits per heavy atom. The van der Waals surface area contributed by atoms with Crippen LogP contribution in [0.2, 0.25) is 0 Å². The predicted molar refractivity (Wildman–Crippen MR) is 65.5 cm³/mol. The fraction of sp³-hybridized carbons (Fsp3) is 0.111. The molecular weight excluding hydrogens is 296 g/mol. The van der Waals surface area contributed by atoms with E-state index in [-0.39, 0.29) is 12.4 Å². The quantitative estimate of drug-likeness (QED) is 0.750. The molecule has 2 rings (SSSR count). The van der Waals surface area contributed by atoms with Crippen LogP contribution in [0, 0.1) is 0 Å². The lowest BCUT2D eigenvalue weighted by molar-refractivity contribution is 0.601. The Morgan fingerprint density at radius 3 is 2.47 bits per heavy atom. The van der Waals surface area contributed by atoms with E-state index in [0.29, 0.717) is 0 Å². The first kappa shape index (κ1) is 13.4. The molecule has 2 aromatic rings. The largest absolute Gasteiger partial charge is 0.328 e. The highest BCUT2D eigenvalue weighted by atomic mass is 35.7. The molecule has 0 aliphatic carbocycles. The molecule has 8 nitrogen and oxygen atoms in total. The first-order chi connectivity index (χ1) is 8.88. The Kier molecular flexibility index (Phi) is 3.49. The summed E-state index contributed by atoms with van der Waals surface area (Å²) in [6, 6.07) is 1.59. The lowest BCUT2D eigenvalue weighted by Gasteiger charge is -2.04. The van der Waals surface area contributed by atoms with E-state index in [2.05, 4.69) is 9.97 Å². The van der Waals surface area contributed by atoms with Crippen molar-refractivity contribution in [1.82, 2.24) is 19.5 Å². The van der Waals surface area contributed by atoms with E-state index in [1.165, 1.54) is 12.4 Å². The van der Waals surface area contributed by atoms with Gasteiger partial charge in [-0.15, -0.1) is 0 Å². The first-order valence-electron chi connectivity index (χ1n) is 4.92. The molecule has 10 heteroatoms. The number of nitrogens with one attached hydrogen (secondary N) is 1. The van der Waals surface area contributed by atoms with Crippen molar-refractivity contribution in [3.8, 4) is 0 Å². The molecule has 2 aromatic heterocycles. The van der Waals surface area contributed by atoms with Crippen LogP contribution in [0.5, 0.6) is 0 Å². The van der Waals surface area contributed by atoms with Crippen LogP contribution < -0.4 is 11.2 Å². The molecule has 2 heterocycles. The van der Waals surface area contributed by atoms with E-state index in [0.717, 1.165) is 10.8 Å². The third-order valence-corrected chi connectivity index (χ3v) is 3.49. The number of rotatable bonds is 3. The molecule has 0 radical (unpaired) electrons. The number of H-pyrrole nitrogens is 1. The second-order valence-corrected chi connectivity index (χ2v) is 6.02. The van der Waals surface area contributed by atoms with Crippen molar-refractivity contribution in [3.05, 3.63) is 51.3 Å². The van der Waals surface area contributed by atoms with E-state index < -0.39 is 25.2 Å². The van der Waals surface area contributed by atoms with Gasteiger partial charge in [-0.05, 0) is 6.07 Å². The minimum atomic E-state index is -4.24. The van der Waals surface area contributed by atoms with Gasteiger partial charge in [0.25, 0.3) is 14.6 Å². The van der Waals surface area contributed by atoms with Gasteiger partial charge in [0, 0.05) is 29.3 Å². The standard InChI is InChI=1S/C9H7ClN4O4S/c10-19(17,18)6-4-14(9(16)13-8(6)15)5-7-11-2-1-3-12-7/h1-4H,5H2,(H,13,15,16). The molecule has 100 valence electrons. The smallest absolute Gasteiger partial charge is 0.292 e. The topological polar surface area (TPSA) is 115 Å². The van der Waals surface area contributed by atoms with Gasteiger partial charge in [-0.1, -0.05) is 0 Å². The summed E-state index contributed by atoms with van der Waals surface area (Å²) in [5.41, 5.74) is -1.84. The lowest BCUT2D eigenvalue weighted by Crippen LogP contribution is -2.32. The van der Waals surface area contributed by atoms with Gasteiger partial charge < -0.3 is 0 Å². The molecule has 0 fully saturated rings. The third-order valence-electron chi connectivity index (χ3n) is 2.17. The van der Waals surface area contributed by atoms with Crippen molar-refractivity contribution in [3.63, 3.8) is 0 Å². The molecule has 1 N–H and O–H groups in total. The SMILES string of the molecule is O=c1[nH]c(=O)n(Cc2ncccn2)cc1S(=O)(=O)Cl. The zero-order valence-corrected chi connectivity index (χ0v) is 10.8. The Hall–Kier alpha value is -2.00. The normalized spacial score (nSPS) is 11.4. The van der Waals surface area contributed by atoms with Crippen LogP contribution >= 0.6 is 10.7 Å². The molecule has 0 saturated carbocycles. The van der Waals surface area contributed by atoms with Crippen LogP contribution in [-0.4, -0.2) is 27.9 Å². The fourth-order valence-corrected chi connectivity index (χ4v) is 2.20. The van der Waals surface area contributed by atoms with E-state index >= 15 is 0 Å². The molecule has 0 bridgehead atoms. The van der Waals surface area contributed by atoms with Crippen molar-refractivity contribution in [2.45, 2.75) is 11.4 Å². The maximum Gasteiger partial charge on any atom is 0.328 e. The van der Waals surface area contributed by atoms with Crippen LogP contribution in [-0.2, 0) is 15.6 Å². The van der Waals surface area contributed by atoms with Gasteiger partial charge >= 0.3 is 5.69 Å². The zero-order chi connectivity index (χ0) is 14.0. The number of hydrogen-bond donors (Lipinski definition) is 1. The van der Waals surface area contributed by atoms with Crippen LogP contribution in [0.25, 0.3) is 0 Å². The Morgan fingerprint density at radius 1 is 1.26 bits per heavy atom.